The number of non-ortho nitro benzene ring substituents is 1. The van der Waals surface area contributed by atoms with Crippen LogP contribution in [0, 0.1) is 10.1 Å². The fourth-order valence-corrected chi connectivity index (χ4v) is 3.76. The molecule has 0 aliphatic heterocycles. The van der Waals surface area contributed by atoms with Gasteiger partial charge in [0.05, 0.1) is 11.0 Å². The van der Waals surface area contributed by atoms with Crippen molar-refractivity contribution in [2.75, 3.05) is 5.32 Å². The maximum atomic E-state index is 12.4. The first-order chi connectivity index (χ1) is 14.0. The van der Waals surface area contributed by atoms with Crippen LogP contribution in [0.1, 0.15) is 29.7 Å². The van der Waals surface area contributed by atoms with Crippen molar-refractivity contribution in [1.82, 2.24) is 5.32 Å². The number of amides is 2. The SMILES string of the molecule is CC(NC(=O)Nc1ccc2c(c1)CCc1cc([N+](=O)[O-])ccc1-2)c1ccccc1. The summed E-state index contributed by atoms with van der Waals surface area (Å²) in [7, 11) is 0. The molecule has 0 fully saturated rings. The summed E-state index contributed by atoms with van der Waals surface area (Å²) in [6.45, 7) is 1.94. The number of nitrogens with zero attached hydrogens (tertiary/aromatic N) is 1. The Labute approximate surface area is 168 Å². The van der Waals surface area contributed by atoms with Gasteiger partial charge in [-0.15, -0.1) is 0 Å². The molecule has 0 bridgehead atoms. The molecule has 6 nitrogen and oxygen atoms in total. The number of anilines is 1. The van der Waals surface area contributed by atoms with Crippen molar-refractivity contribution >= 4 is 17.4 Å². The van der Waals surface area contributed by atoms with Crippen molar-refractivity contribution in [2.45, 2.75) is 25.8 Å². The van der Waals surface area contributed by atoms with Gasteiger partial charge >= 0.3 is 6.03 Å². The smallest absolute Gasteiger partial charge is 0.319 e. The van der Waals surface area contributed by atoms with Crippen LogP contribution >= 0.6 is 0 Å². The van der Waals surface area contributed by atoms with E-state index in [1.807, 2.05) is 61.5 Å². The zero-order chi connectivity index (χ0) is 20.4. The highest BCUT2D eigenvalue weighted by atomic mass is 16.6. The molecule has 0 saturated heterocycles. The molecule has 146 valence electrons. The Balaban J connectivity index is 1.49. The van der Waals surface area contributed by atoms with E-state index in [0.29, 0.717) is 0 Å². The summed E-state index contributed by atoms with van der Waals surface area (Å²) in [4.78, 5) is 23.0. The number of hydrogen-bond donors (Lipinski definition) is 2. The van der Waals surface area contributed by atoms with E-state index in [1.54, 1.807) is 12.1 Å². The minimum atomic E-state index is -0.363. The number of urea groups is 1. The van der Waals surface area contributed by atoms with Gasteiger partial charge < -0.3 is 10.6 Å². The maximum Gasteiger partial charge on any atom is 0.319 e. The van der Waals surface area contributed by atoms with E-state index in [9.17, 15) is 14.9 Å². The van der Waals surface area contributed by atoms with Crippen LogP contribution in [0.3, 0.4) is 0 Å². The van der Waals surface area contributed by atoms with E-state index in [4.69, 9.17) is 0 Å². The topological polar surface area (TPSA) is 84.3 Å². The number of benzene rings is 3. The van der Waals surface area contributed by atoms with Crippen LogP contribution < -0.4 is 10.6 Å². The minimum absolute atomic E-state index is 0.100. The summed E-state index contributed by atoms with van der Waals surface area (Å²) in [5.74, 6) is 0. The van der Waals surface area contributed by atoms with Gasteiger partial charge in [0.2, 0.25) is 0 Å². The molecule has 0 spiro atoms. The van der Waals surface area contributed by atoms with E-state index in [2.05, 4.69) is 10.6 Å². The summed E-state index contributed by atoms with van der Waals surface area (Å²) >= 11 is 0. The quantitative estimate of drug-likeness (QED) is 0.474. The molecule has 2 N–H and O–H groups in total. The van der Waals surface area contributed by atoms with Gasteiger partial charge in [0.25, 0.3) is 5.69 Å². The molecule has 29 heavy (non-hydrogen) atoms. The summed E-state index contributed by atoms with van der Waals surface area (Å²) in [6.07, 6.45) is 1.52. The Bertz CT molecular complexity index is 1080. The fraction of sp³-hybridized carbons (Fsp3) is 0.174. The lowest BCUT2D eigenvalue weighted by atomic mass is 9.85. The normalized spacial score (nSPS) is 13.0. The molecule has 3 aromatic rings. The largest absolute Gasteiger partial charge is 0.331 e. The molecule has 1 unspecified atom stereocenters. The molecular formula is C23H21N3O3. The lowest BCUT2D eigenvalue weighted by Crippen LogP contribution is -2.31. The molecule has 2 amide bonds. The average Bonchev–Trinajstić information content (AvgIpc) is 2.73. The fourth-order valence-electron chi connectivity index (χ4n) is 3.76. The number of nitro benzene ring substituents is 1. The lowest BCUT2D eigenvalue weighted by molar-refractivity contribution is -0.384. The molecule has 0 aromatic heterocycles. The first kappa shape index (κ1) is 18.7. The predicted molar refractivity (Wildman–Crippen MR) is 113 cm³/mol. The van der Waals surface area contributed by atoms with Gasteiger partial charge in [-0.3, -0.25) is 10.1 Å². The van der Waals surface area contributed by atoms with Gasteiger partial charge in [-0.05, 0) is 65.8 Å². The Morgan fingerprint density at radius 3 is 2.31 bits per heavy atom. The molecule has 0 saturated carbocycles. The minimum Gasteiger partial charge on any atom is -0.331 e. The van der Waals surface area contributed by atoms with Crippen LogP contribution in [-0.2, 0) is 12.8 Å². The van der Waals surface area contributed by atoms with Crippen molar-refractivity contribution in [3.05, 3.63) is 93.5 Å². The molecule has 0 heterocycles. The Hall–Kier alpha value is -3.67. The highest BCUT2D eigenvalue weighted by molar-refractivity contribution is 5.90. The van der Waals surface area contributed by atoms with Gasteiger partial charge in [0, 0.05) is 17.8 Å². The standard InChI is InChI=1S/C23H21N3O3/c1-15(16-5-3-2-4-6-16)24-23(27)25-19-9-11-21-17(13-19)7-8-18-14-20(26(28)29)10-12-22(18)21/h2-6,9-15H,7-8H2,1H3,(H2,24,25,27). The lowest BCUT2D eigenvalue weighted by Gasteiger charge is -2.21. The van der Waals surface area contributed by atoms with E-state index >= 15 is 0 Å². The van der Waals surface area contributed by atoms with Crippen LogP contribution in [0.2, 0.25) is 0 Å². The second kappa shape index (κ2) is 7.75. The second-order valence-corrected chi connectivity index (χ2v) is 7.20. The predicted octanol–water partition coefficient (Wildman–Crippen LogP) is 5.24. The van der Waals surface area contributed by atoms with Crippen LogP contribution in [0.15, 0.2) is 66.7 Å². The van der Waals surface area contributed by atoms with E-state index < -0.39 is 0 Å². The zero-order valence-corrected chi connectivity index (χ0v) is 16.0. The van der Waals surface area contributed by atoms with Gasteiger partial charge in [-0.1, -0.05) is 36.4 Å². The first-order valence-corrected chi connectivity index (χ1v) is 9.54. The number of rotatable bonds is 4. The second-order valence-electron chi connectivity index (χ2n) is 7.20. The van der Waals surface area contributed by atoms with Gasteiger partial charge in [0.15, 0.2) is 0 Å². The summed E-state index contributed by atoms with van der Waals surface area (Å²) in [6, 6.07) is 20.3. The number of carbonyl (C=O) groups is 1. The van der Waals surface area contributed by atoms with E-state index in [0.717, 1.165) is 46.3 Å². The van der Waals surface area contributed by atoms with Crippen molar-refractivity contribution in [3.63, 3.8) is 0 Å². The molecule has 3 aromatic carbocycles. The van der Waals surface area contributed by atoms with Crippen molar-refractivity contribution in [3.8, 4) is 11.1 Å². The Kier molecular flexibility index (Phi) is 4.99. The number of nitrogens with one attached hydrogen (secondary N) is 2. The van der Waals surface area contributed by atoms with Crippen molar-refractivity contribution < 1.29 is 9.72 Å². The first-order valence-electron chi connectivity index (χ1n) is 9.54. The highest BCUT2D eigenvalue weighted by Gasteiger charge is 2.19. The summed E-state index contributed by atoms with van der Waals surface area (Å²) in [5.41, 5.74) is 6.08. The van der Waals surface area contributed by atoms with Gasteiger partial charge in [-0.2, -0.15) is 0 Å². The summed E-state index contributed by atoms with van der Waals surface area (Å²) in [5, 5.41) is 16.9. The van der Waals surface area contributed by atoms with E-state index in [1.165, 1.54) is 0 Å². The third kappa shape index (κ3) is 3.96. The number of nitro groups is 1. The van der Waals surface area contributed by atoms with Gasteiger partial charge in [0.1, 0.15) is 0 Å². The molecule has 1 aliphatic rings. The average molecular weight is 387 g/mol. The molecular weight excluding hydrogens is 366 g/mol. The molecule has 1 aliphatic carbocycles. The Morgan fingerprint density at radius 1 is 0.966 bits per heavy atom. The van der Waals surface area contributed by atoms with E-state index in [-0.39, 0.29) is 22.7 Å². The third-order valence-electron chi connectivity index (χ3n) is 5.26. The van der Waals surface area contributed by atoms with Crippen LogP contribution in [0.25, 0.3) is 11.1 Å². The van der Waals surface area contributed by atoms with Gasteiger partial charge in [-0.25, -0.2) is 4.79 Å². The number of hydrogen-bond acceptors (Lipinski definition) is 3. The monoisotopic (exact) mass is 387 g/mol. The maximum absolute atomic E-state index is 12.4. The summed E-state index contributed by atoms with van der Waals surface area (Å²) < 4.78 is 0. The number of carbonyl (C=O) groups excluding carboxylic acids is 1. The molecule has 0 radical (unpaired) electrons. The van der Waals surface area contributed by atoms with Crippen molar-refractivity contribution in [1.29, 1.82) is 0 Å². The van der Waals surface area contributed by atoms with Crippen LogP contribution in [-0.4, -0.2) is 11.0 Å². The molecule has 4 rings (SSSR count). The zero-order valence-electron chi connectivity index (χ0n) is 16.0. The van der Waals surface area contributed by atoms with Crippen LogP contribution in [0.5, 0.6) is 0 Å². The van der Waals surface area contributed by atoms with Crippen molar-refractivity contribution in [2.24, 2.45) is 0 Å². The number of aryl methyl sites for hydroxylation is 2. The highest BCUT2D eigenvalue weighted by Crippen LogP contribution is 2.36. The third-order valence-corrected chi connectivity index (χ3v) is 5.26. The molecule has 6 heteroatoms. The van der Waals surface area contributed by atoms with Crippen LogP contribution in [0.4, 0.5) is 16.2 Å². The Morgan fingerprint density at radius 2 is 1.62 bits per heavy atom. The number of fused-ring (bicyclic) bond motifs is 3. The molecule has 1 atom stereocenters.